The second kappa shape index (κ2) is 7.05. The van der Waals surface area contributed by atoms with E-state index in [-0.39, 0.29) is 0 Å². The molecule has 0 spiro atoms. The van der Waals surface area contributed by atoms with Gasteiger partial charge in [-0.05, 0) is 52.8 Å². The van der Waals surface area contributed by atoms with Crippen molar-refractivity contribution in [2.24, 2.45) is 0 Å². The molecular formula is C12H16BrNS. The third-order valence-corrected chi connectivity index (χ3v) is 3.70. The summed E-state index contributed by atoms with van der Waals surface area (Å²) in [6.45, 7) is 5.03. The van der Waals surface area contributed by atoms with Gasteiger partial charge in [-0.1, -0.05) is 6.92 Å². The minimum Gasteiger partial charge on any atom is -0.310 e. The molecule has 0 aliphatic heterocycles. The quantitative estimate of drug-likeness (QED) is 0.808. The average Bonchev–Trinajstić information content (AvgIpc) is 2.64. The SMILES string of the molecule is CC#CCCC(NCC)c1csc(Br)c1. The molecule has 15 heavy (non-hydrogen) atoms. The van der Waals surface area contributed by atoms with Crippen LogP contribution in [0.15, 0.2) is 15.2 Å². The van der Waals surface area contributed by atoms with Gasteiger partial charge in [0.2, 0.25) is 0 Å². The van der Waals surface area contributed by atoms with E-state index in [1.54, 1.807) is 11.3 Å². The molecule has 0 aromatic carbocycles. The fraction of sp³-hybridized carbons (Fsp3) is 0.500. The van der Waals surface area contributed by atoms with Crippen molar-refractivity contribution in [3.8, 4) is 11.8 Å². The molecule has 1 N–H and O–H groups in total. The lowest BCUT2D eigenvalue weighted by Gasteiger charge is -2.15. The van der Waals surface area contributed by atoms with Crippen LogP contribution in [0.1, 0.15) is 38.3 Å². The van der Waals surface area contributed by atoms with Crippen molar-refractivity contribution in [2.45, 2.75) is 32.7 Å². The first-order valence-corrected chi connectivity index (χ1v) is 6.82. The molecule has 0 aliphatic rings. The highest BCUT2D eigenvalue weighted by molar-refractivity contribution is 9.11. The molecule has 0 saturated heterocycles. The van der Waals surface area contributed by atoms with Gasteiger partial charge in [0.05, 0.1) is 3.79 Å². The largest absolute Gasteiger partial charge is 0.310 e. The van der Waals surface area contributed by atoms with Crippen molar-refractivity contribution < 1.29 is 0 Å². The molecule has 82 valence electrons. The summed E-state index contributed by atoms with van der Waals surface area (Å²) in [5.74, 6) is 6.05. The lowest BCUT2D eigenvalue weighted by molar-refractivity contribution is 0.524. The van der Waals surface area contributed by atoms with E-state index in [2.05, 4.69) is 51.5 Å². The number of hydrogen-bond acceptors (Lipinski definition) is 2. The van der Waals surface area contributed by atoms with Gasteiger partial charge in [-0.3, -0.25) is 0 Å². The number of thiophene rings is 1. The van der Waals surface area contributed by atoms with Gasteiger partial charge < -0.3 is 5.32 Å². The van der Waals surface area contributed by atoms with Crippen molar-refractivity contribution in [1.29, 1.82) is 0 Å². The van der Waals surface area contributed by atoms with Gasteiger partial charge in [0.1, 0.15) is 0 Å². The molecule has 0 bridgehead atoms. The fourth-order valence-electron chi connectivity index (χ4n) is 1.48. The Morgan fingerprint density at radius 1 is 1.60 bits per heavy atom. The van der Waals surface area contributed by atoms with Crippen LogP contribution in [-0.2, 0) is 0 Å². The third-order valence-electron chi connectivity index (χ3n) is 2.18. The Morgan fingerprint density at radius 2 is 2.40 bits per heavy atom. The first-order valence-electron chi connectivity index (χ1n) is 5.14. The second-order valence-electron chi connectivity index (χ2n) is 3.26. The van der Waals surface area contributed by atoms with Crippen LogP contribution in [0.4, 0.5) is 0 Å². The Morgan fingerprint density at radius 3 is 2.93 bits per heavy atom. The topological polar surface area (TPSA) is 12.0 Å². The summed E-state index contributed by atoms with van der Waals surface area (Å²) in [5, 5.41) is 5.69. The summed E-state index contributed by atoms with van der Waals surface area (Å²) in [6.07, 6.45) is 2.04. The van der Waals surface area contributed by atoms with E-state index in [0.717, 1.165) is 19.4 Å². The fourth-order valence-corrected chi connectivity index (χ4v) is 2.71. The molecular weight excluding hydrogens is 270 g/mol. The lowest BCUT2D eigenvalue weighted by Crippen LogP contribution is -2.20. The van der Waals surface area contributed by atoms with Crippen LogP contribution in [0.5, 0.6) is 0 Å². The van der Waals surface area contributed by atoms with E-state index in [4.69, 9.17) is 0 Å². The molecule has 1 unspecified atom stereocenters. The Bertz CT molecular complexity index is 348. The second-order valence-corrected chi connectivity index (χ2v) is 5.55. The van der Waals surface area contributed by atoms with Crippen molar-refractivity contribution in [3.05, 3.63) is 20.8 Å². The van der Waals surface area contributed by atoms with E-state index in [0.29, 0.717) is 6.04 Å². The monoisotopic (exact) mass is 285 g/mol. The zero-order valence-corrected chi connectivity index (χ0v) is 11.5. The molecule has 0 radical (unpaired) electrons. The number of halogens is 1. The number of rotatable bonds is 5. The van der Waals surface area contributed by atoms with Crippen LogP contribution < -0.4 is 5.32 Å². The standard InChI is InChI=1S/C12H16BrNS/c1-3-5-6-7-11(14-4-2)10-8-12(13)15-9-10/h8-9,11,14H,4,6-7H2,1-2H3. The van der Waals surface area contributed by atoms with Gasteiger partial charge in [-0.15, -0.1) is 23.2 Å². The Labute approximate surface area is 104 Å². The van der Waals surface area contributed by atoms with Crippen LogP contribution >= 0.6 is 27.3 Å². The highest BCUT2D eigenvalue weighted by atomic mass is 79.9. The van der Waals surface area contributed by atoms with Gasteiger partial charge in [-0.2, -0.15) is 0 Å². The van der Waals surface area contributed by atoms with Crippen LogP contribution in [0, 0.1) is 11.8 Å². The van der Waals surface area contributed by atoms with E-state index in [1.807, 2.05) is 6.92 Å². The van der Waals surface area contributed by atoms with Gasteiger partial charge in [0.25, 0.3) is 0 Å². The Balaban J connectivity index is 2.59. The predicted octanol–water partition coefficient (Wildman–Crippen LogP) is 3.96. The highest BCUT2D eigenvalue weighted by Gasteiger charge is 2.10. The summed E-state index contributed by atoms with van der Waals surface area (Å²) in [6, 6.07) is 2.63. The van der Waals surface area contributed by atoms with Gasteiger partial charge in [0, 0.05) is 12.5 Å². The van der Waals surface area contributed by atoms with Gasteiger partial charge in [-0.25, -0.2) is 0 Å². The molecule has 0 amide bonds. The molecule has 1 aromatic rings. The van der Waals surface area contributed by atoms with E-state index < -0.39 is 0 Å². The maximum atomic E-state index is 3.50. The summed E-state index contributed by atoms with van der Waals surface area (Å²) in [7, 11) is 0. The molecule has 3 heteroatoms. The summed E-state index contributed by atoms with van der Waals surface area (Å²) < 4.78 is 1.20. The van der Waals surface area contributed by atoms with Crippen LogP contribution in [-0.4, -0.2) is 6.54 Å². The molecule has 0 saturated carbocycles. The Hall–Kier alpha value is -0.300. The summed E-state index contributed by atoms with van der Waals surface area (Å²) in [5.41, 5.74) is 1.37. The molecule has 1 nitrogen and oxygen atoms in total. The first-order chi connectivity index (χ1) is 7.27. The molecule has 1 aromatic heterocycles. The lowest BCUT2D eigenvalue weighted by atomic mass is 10.1. The molecule has 0 aliphatic carbocycles. The molecule has 1 heterocycles. The summed E-state index contributed by atoms with van der Waals surface area (Å²) >= 11 is 5.23. The first kappa shape index (κ1) is 12.8. The van der Waals surface area contributed by atoms with Crippen LogP contribution in [0.2, 0.25) is 0 Å². The number of hydrogen-bond donors (Lipinski definition) is 1. The Kier molecular flexibility index (Phi) is 6.00. The van der Waals surface area contributed by atoms with Crippen molar-refractivity contribution in [2.75, 3.05) is 6.54 Å². The number of nitrogens with one attached hydrogen (secondary N) is 1. The molecule has 0 fully saturated rings. The molecule has 1 atom stereocenters. The van der Waals surface area contributed by atoms with E-state index in [9.17, 15) is 0 Å². The third kappa shape index (κ3) is 4.38. The molecule has 1 rings (SSSR count). The zero-order valence-electron chi connectivity index (χ0n) is 9.14. The van der Waals surface area contributed by atoms with E-state index >= 15 is 0 Å². The van der Waals surface area contributed by atoms with Crippen molar-refractivity contribution in [3.63, 3.8) is 0 Å². The summed E-state index contributed by atoms with van der Waals surface area (Å²) in [4.78, 5) is 0. The van der Waals surface area contributed by atoms with E-state index in [1.165, 1.54) is 9.35 Å². The van der Waals surface area contributed by atoms with Crippen molar-refractivity contribution >= 4 is 27.3 Å². The highest BCUT2D eigenvalue weighted by Crippen LogP contribution is 2.27. The zero-order chi connectivity index (χ0) is 11.1. The maximum absolute atomic E-state index is 3.50. The smallest absolute Gasteiger partial charge is 0.0701 e. The van der Waals surface area contributed by atoms with Crippen molar-refractivity contribution in [1.82, 2.24) is 5.32 Å². The van der Waals surface area contributed by atoms with Crippen LogP contribution in [0.25, 0.3) is 0 Å². The normalized spacial score (nSPS) is 11.9. The van der Waals surface area contributed by atoms with Gasteiger partial charge >= 0.3 is 0 Å². The maximum Gasteiger partial charge on any atom is 0.0701 e. The average molecular weight is 286 g/mol. The predicted molar refractivity (Wildman–Crippen MR) is 71.1 cm³/mol. The van der Waals surface area contributed by atoms with Gasteiger partial charge in [0.15, 0.2) is 0 Å². The minimum atomic E-state index is 0.443. The minimum absolute atomic E-state index is 0.443. The van der Waals surface area contributed by atoms with Crippen LogP contribution in [0.3, 0.4) is 0 Å².